The first kappa shape index (κ1) is 19.1. The molecule has 0 heterocycles. The van der Waals surface area contributed by atoms with Gasteiger partial charge in [-0.05, 0) is 36.4 Å². The molecule has 0 aromatic heterocycles. The molecule has 25 heavy (non-hydrogen) atoms. The van der Waals surface area contributed by atoms with Gasteiger partial charge in [0.1, 0.15) is 12.4 Å². The molecule has 2 rings (SSSR count). The highest BCUT2D eigenvalue weighted by Gasteiger charge is 2.12. The van der Waals surface area contributed by atoms with Crippen molar-refractivity contribution in [3.05, 3.63) is 59.1 Å². The summed E-state index contributed by atoms with van der Waals surface area (Å²) in [6.45, 7) is 0.688. The lowest BCUT2D eigenvalue weighted by Crippen LogP contribution is -2.30. The number of para-hydroxylation sites is 1. The third-order valence-corrected chi connectivity index (χ3v) is 4.22. The molecule has 2 aromatic carbocycles. The number of benzene rings is 2. The van der Waals surface area contributed by atoms with Crippen LogP contribution in [0.5, 0.6) is 5.75 Å². The highest BCUT2D eigenvalue weighted by Crippen LogP contribution is 2.22. The molecule has 0 aliphatic rings. The van der Waals surface area contributed by atoms with Crippen LogP contribution in [0.25, 0.3) is 0 Å². The number of sulfonamides is 1. The summed E-state index contributed by atoms with van der Waals surface area (Å²) in [6.07, 6.45) is 1.07. The maximum absolute atomic E-state index is 12.4. The van der Waals surface area contributed by atoms with Gasteiger partial charge >= 0.3 is 0 Å². The van der Waals surface area contributed by atoms with Gasteiger partial charge in [-0.15, -0.1) is 0 Å². The number of nitrogens with one attached hydrogen (secondary N) is 1. The van der Waals surface area contributed by atoms with E-state index in [1.807, 2.05) is 12.1 Å². The minimum absolute atomic E-state index is 0.186. The Morgan fingerprint density at radius 3 is 2.40 bits per heavy atom. The van der Waals surface area contributed by atoms with E-state index in [-0.39, 0.29) is 5.91 Å². The SMILES string of the molecule is CN(CCOc1ccccc1Cl)C(=O)c1ccc(NS(C)(=O)=O)cc1. The van der Waals surface area contributed by atoms with Gasteiger partial charge in [-0.1, -0.05) is 23.7 Å². The molecule has 0 unspecified atom stereocenters. The Morgan fingerprint density at radius 2 is 1.80 bits per heavy atom. The minimum Gasteiger partial charge on any atom is -0.490 e. The minimum atomic E-state index is -3.34. The van der Waals surface area contributed by atoms with E-state index >= 15 is 0 Å². The van der Waals surface area contributed by atoms with Gasteiger partial charge in [0.2, 0.25) is 10.0 Å². The van der Waals surface area contributed by atoms with Crippen molar-refractivity contribution in [2.24, 2.45) is 0 Å². The Bertz CT molecular complexity index is 838. The number of anilines is 1. The number of hydrogen-bond donors (Lipinski definition) is 1. The van der Waals surface area contributed by atoms with E-state index in [2.05, 4.69) is 4.72 Å². The maximum atomic E-state index is 12.4. The molecule has 0 saturated carbocycles. The Hall–Kier alpha value is -2.25. The molecule has 0 spiro atoms. The standard InChI is InChI=1S/C17H19ClN2O4S/c1-20(11-12-24-16-6-4-3-5-15(16)18)17(21)13-7-9-14(10-8-13)19-25(2,22)23/h3-10,19H,11-12H2,1-2H3. The zero-order valence-corrected chi connectivity index (χ0v) is 15.5. The molecule has 1 N–H and O–H groups in total. The Balaban J connectivity index is 1.90. The fourth-order valence-corrected chi connectivity index (χ4v) is 2.83. The molecule has 8 heteroatoms. The third kappa shape index (κ3) is 5.95. The van der Waals surface area contributed by atoms with E-state index in [4.69, 9.17) is 16.3 Å². The molecule has 6 nitrogen and oxygen atoms in total. The van der Waals surface area contributed by atoms with E-state index < -0.39 is 10.0 Å². The first-order valence-electron chi connectivity index (χ1n) is 7.47. The van der Waals surface area contributed by atoms with Crippen LogP contribution in [-0.4, -0.2) is 45.7 Å². The van der Waals surface area contributed by atoms with Gasteiger partial charge in [0.15, 0.2) is 0 Å². The van der Waals surface area contributed by atoms with Gasteiger partial charge < -0.3 is 9.64 Å². The van der Waals surface area contributed by atoms with E-state index in [9.17, 15) is 13.2 Å². The number of hydrogen-bond acceptors (Lipinski definition) is 4. The van der Waals surface area contributed by atoms with Crippen LogP contribution in [0.1, 0.15) is 10.4 Å². The van der Waals surface area contributed by atoms with Crippen molar-refractivity contribution in [2.45, 2.75) is 0 Å². The maximum Gasteiger partial charge on any atom is 0.253 e. The summed E-state index contributed by atoms with van der Waals surface area (Å²) in [5, 5.41) is 0.519. The predicted octanol–water partition coefficient (Wildman–Crippen LogP) is 2.86. The smallest absolute Gasteiger partial charge is 0.253 e. The van der Waals surface area contributed by atoms with Gasteiger partial charge in [-0.3, -0.25) is 9.52 Å². The highest BCUT2D eigenvalue weighted by atomic mass is 35.5. The Labute approximate surface area is 152 Å². The van der Waals surface area contributed by atoms with Crippen molar-refractivity contribution in [3.8, 4) is 5.75 Å². The second-order valence-electron chi connectivity index (χ2n) is 5.46. The number of likely N-dealkylation sites (N-methyl/N-ethyl adjacent to an activating group) is 1. The summed E-state index contributed by atoms with van der Waals surface area (Å²) in [4.78, 5) is 13.9. The number of carbonyl (C=O) groups is 1. The van der Waals surface area contributed by atoms with Crippen molar-refractivity contribution >= 4 is 33.2 Å². The second kappa shape index (κ2) is 8.22. The summed E-state index contributed by atoms with van der Waals surface area (Å²) in [5.74, 6) is 0.384. The highest BCUT2D eigenvalue weighted by molar-refractivity contribution is 7.92. The van der Waals surface area contributed by atoms with Crippen LogP contribution < -0.4 is 9.46 Å². The molecule has 1 amide bonds. The van der Waals surface area contributed by atoms with Gasteiger partial charge in [-0.2, -0.15) is 0 Å². The fourth-order valence-electron chi connectivity index (χ4n) is 2.07. The van der Waals surface area contributed by atoms with Crippen molar-refractivity contribution in [1.82, 2.24) is 4.90 Å². The quantitative estimate of drug-likeness (QED) is 0.798. The van der Waals surface area contributed by atoms with Gasteiger partial charge in [0.05, 0.1) is 17.8 Å². The van der Waals surface area contributed by atoms with Crippen LogP contribution in [0.4, 0.5) is 5.69 Å². The normalized spacial score (nSPS) is 11.0. The molecule has 0 atom stereocenters. The topological polar surface area (TPSA) is 75.7 Å². The number of nitrogens with zero attached hydrogens (tertiary/aromatic N) is 1. The molecule has 0 aliphatic heterocycles. The Morgan fingerprint density at radius 1 is 1.16 bits per heavy atom. The van der Waals surface area contributed by atoms with E-state index in [1.165, 1.54) is 4.90 Å². The van der Waals surface area contributed by atoms with Crippen molar-refractivity contribution in [3.63, 3.8) is 0 Å². The van der Waals surface area contributed by atoms with Crippen molar-refractivity contribution < 1.29 is 17.9 Å². The number of rotatable bonds is 7. The second-order valence-corrected chi connectivity index (χ2v) is 7.61. The van der Waals surface area contributed by atoms with Crippen LogP contribution in [-0.2, 0) is 10.0 Å². The van der Waals surface area contributed by atoms with Gasteiger partial charge in [-0.25, -0.2) is 8.42 Å². The molecule has 0 saturated heterocycles. The molecule has 0 aliphatic carbocycles. The zero-order valence-electron chi connectivity index (χ0n) is 13.9. The molecular weight excluding hydrogens is 364 g/mol. The molecule has 0 radical (unpaired) electrons. The van der Waals surface area contributed by atoms with E-state index in [0.29, 0.717) is 35.2 Å². The van der Waals surface area contributed by atoms with Crippen LogP contribution in [0.2, 0.25) is 5.02 Å². The van der Waals surface area contributed by atoms with E-state index in [1.54, 1.807) is 43.4 Å². The van der Waals surface area contributed by atoms with Crippen LogP contribution in [0.15, 0.2) is 48.5 Å². The summed E-state index contributed by atoms with van der Waals surface area (Å²) >= 11 is 6.00. The summed E-state index contributed by atoms with van der Waals surface area (Å²) in [6, 6.07) is 13.4. The average Bonchev–Trinajstić information content (AvgIpc) is 2.55. The van der Waals surface area contributed by atoms with Crippen LogP contribution >= 0.6 is 11.6 Å². The number of carbonyl (C=O) groups excluding carboxylic acids is 1. The number of ether oxygens (including phenoxy) is 1. The van der Waals surface area contributed by atoms with Crippen LogP contribution in [0, 0.1) is 0 Å². The lowest BCUT2D eigenvalue weighted by molar-refractivity contribution is 0.0774. The predicted molar refractivity (Wildman–Crippen MR) is 98.8 cm³/mol. The molecule has 134 valence electrons. The molecular formula is C17H19ClN2O4S. The first-order valence-corrected chi connectivity index (χ1v) is 9.74. The van der Waals surface area contributed by atoms with Crippen molar-refractivity contribution in [1.29, 1.82) is 0 Å². The van der Waals surface area contributed by atoms with Crippen molar-refractivity contribution in [2.75, 3.05) is 31.2 Å². The number of halogens is 1. The first-order chi connectivity index (χ1) is 11.8. The zero-order chi connectivity index (χ0) is 18.4. The largest absolute Gasteiger partial charge is 0.490 e. The van der Waals surface area contributed by atoms with Gasteiger partial charge in [0, 0.05) is 18.3 Å². The fraction of sp³-hybridized carbons (Fsp3) is 0.235. The monoisotopic (exact) mass is 382 g/mol. The molecule has 0 fully saturated rings. The average molecular weight is 383 g/mol. The third-order valence-electron chi connectivity index (χ3n) is 3.30. The Kier molecular flexibility index (Phi) is 6.27. The van der Waals surface area contributed by atoms with Crippen LogP contribution in [0.3, 0.4) is 0 Å². The molecule has 2 aromatic rings. The molecule has 0 bridgehead atoms. The summed E-state index contributed by atoms with van der Waals surface area (Å²) in [5.41, 5.74) is 0.864. The summed E-state index contributed by atoms with van der Waals surface area (Å²) in [7, 11) is -1.67. The number of amides is 1. The lowest BCUT2D eigenvalue weighted by atomic mass is 10.2. The summed E-state index contributed by atoms with van der Waals surface area (Å²) < 4.78 is 30.3. The van der Waals surface area contributed by atoms with Gasteiger partial charge in [0.25, 0.3) is 5.91 Å². The van der Waals surface area contributed by atoms with E-state index in [0.717, 1.165) is 6.26 Å². The lowest BCUT2D eigenvalue weighted by Gasteiger charge is -2.18.